The lowest BCUT2D eigenvalue weighted by molar-refractivity contribution is 0.148. The number of rotatable bonds is 5. The van der Waals surface area contributed by atoms with Crippen LogP contribution in [0.25, 0.3) is 0 Å². The molecule has 1 aliphatic heterocycles. The maximum absolute atomic E-state index is 3.41. The van der Waals surface area contributed by atoms with Gasteiger partial charge in [0.15, 0.2) is 0 Å². The SMILES string of the molecule is CCC(CSC)N1CCCC(NC)C1. The fraction of sp³-hybridized carbons (Fsp3) is 1.00. The van der Waals surface area contributed by atoms with E-state index in [-0.39, 0.29) is 0 Å². The molecule has 1 aliphatic rings. The lowest BCUT2D eigenvalue weighted by Crippen LogP contribution is -2.49. The molecule has 0 aliphatic carbocycles. The largest absolute Gasteiger partial charge is 0.316 e. The summed E-state index contributed by atoms with van der Waals surface area (Å²) in [5.74, 6) is 1.28. The summed E-state index contributed by atoms with van der Waals surface area (Å²) in [6, 6.07) is 1.51. The van der Waals surface area contributed by atoms with Gasteiger partial charge in [0, 0.05) is 24.4 Å². The van der Waals surface area contributed by atoms with Crippen molar-refractivity contribution in [2.75, 3.05) is 32.1 Å². The summed E-state index contributed by atoms with van der Waals surface area (Å²) in [6.07, 6.45) is 6.21. The maximum atomic E-state index is 3.41. The van der Waals surface area contributed by atoms with Gasteiger partial charge in [0.05, 0.1) is 0 Å². The fourth-order valence-corrected chi connectivity index (χ4v) is 3.08. The van der Waals surface area contributed by atoms with Crippen LogP contribution < -0.4 is 5.32 Å². The Morgan fingerprint density at radius 3 is 2.93 bits per heavy atom. The van der Waals surface area contributed by atoms with E-state index in [0.29, 0.717) is 0 Å². The van der Waals surface area contributed by atoms with E-state index >= 15 is 0 Å². The van der Waals surface area contributed by atoms with Crippen molar-refractivity contribution in [2.24, 2.45) is 0 Å². The molecule has 0 bridgehead atoms. The zero-order valence-electron chi connectivity index (χ0n) is 9.75. The van der Waals surface area contributed by atoms with E-state index in [2.05, 4.69) is 30.4 Å². The number of hydrogen-bond donors (Lipinski definition) is 1. The summed E-state index contributed by atoms with van der Waals surface area (Å²) in [7, 11) is 2.09. The minimum Gasteiger partial charge on any atom is -0.316 e. The third kappa shape index (κ3) is 3.44. The summed E-state index contributed by atoms with van der Waals surface area (Å²) in [4.78, 5) is 2.67. The molecule has 0 aromatic carbocycles. The summed E-state index contributed by atoms with van der Waals surface area (Å²) in [5, 5.41) is 3.41. The molecular formula is C11H24N2S. The molecule has 2 atom stereocenters. The lowest BCUT2D eigenvalue weighted by atomic mass is 10.0. The standard InChI is InChI=1S/C11H24N2S/c1-4-11(9-14-3)13-7-5-6-10(8-13)12-2/h10-12H,4-9H2,1-3H3. The average molecular weight is 216 g/mol. The first-order valence-corrected chi connectivity index (χ1v) is 7.11. The van der Waals surface area contributed by atoms with Crippen LogP contribution in [0.1, 0.15) is 26.2 Å². The average Bonchev–Trinajstić information content (AvgIpc) is 2.26. The van der Waals surface area contributed by atoms with Gasteiger partial charge in [-0.05, 0) is 39.1 Å². The first kappa shape index (κ1) is 12.3. The minimum atomic E-state index is 0.722. The van der Waals surface area contributed by atoms with Crippen LogP contribution in [0.5, 0.6) is 0 Å². The van der Waals surface area contributed by atoms with E-state index in [1.807, 2.05) is 11.8 Å². The predicted octanol–water partition coefficient (Wildman–Crippen LogP) is 1.81. The Hall–Kier alpha value is 0.270. The summed E-state index contributed by atoms with van der Waals surface area (Å²) >= 11 is 1.97. The normalized spacial score (nSPS) is 26.4. The third-order valence-corrected chi connectivity index (χ3v) is 3.93. The van der Waals surface area contributed by atoms with Gasteiger partial charge in [0.1, 0.15) is 0 Å². The molecule has 2 nitrogen and oxygen atoms in total. The van der Waals surface area contributed by atoms with Crippen molar-refractivity contribution in [1.29, 1.82) is 0 Å². The maximum Gasteiger partial charge on any atom is 0.0192 e. The molecule has 84 valence electrons. The molecule has 14 heavy (non-hydrogen) atoms. The Bertz CT molecular complexity index is 152. The van der Waals surface area contributed by atoms with Crippen molar-refractivity contribution in [2.45, 2.75) is 38.3 Å². The molecule has 0 spiro atoms. The fourth-order valence-electron chi connectivity index (χ4n) is 2.25. The molecule has 0 aromatic heterocycles. The molecule has 1 rings (SSSR count). The van der Waals surface area contributed by atoms with Gasteiger partial charge in [0.2, 0.25) is 0 Å². The molecular weight excluding hydrogens is 192 g/mol. The highest BCUT2D eigenvalue weighted by Gasteiger charge is 2.23. The Labute approximate surface area is 92.8 Å². The smallest absolute Gasteiger partial charge is 0.0192 e. The van der Waals surface area contributed by atoms with Gasteiger partial charge in [-0.3, -0.25) is 4.90 Å². The number of likely N-dealkylation sites (tertiary alicyclic amines) is 1. The Kier molecular flexibility index (Phi) is 5.90. The number of thioether (sulfide) groups is 1. The van der Waals surface area contributed by atoms with Crippen molar-refractivity contribution >= 4 is 11.8 Å². The second-order valence-corrected chi connectivity index (χ2v) is 5.05. The van der Waals surface area contributed by atoms with Crippen LogP contribution in [0.4, 0.5) is 0 Å². The van der Waals surface area contributed by atoms with Crippen LogP contribution in [0.3, 0.4) is 0 Å². The molecule has 1 N–H and O–H groups in total. The molecule has 0 amide bonds. The van der Waals surface area contributed by atoms with Gasteiger partial charge >= 0.3 is 0 Å². The highest BCUT2D eigenvalue weighted by Crippen LogP contribution is 2.17. The molecule has 0 radical (unpaired) electrons. The van der Waals surface area contributed by atoms with E-state index in [1.54, 1.807) is 0 Å². The monoisotopic (exact) mass is 216 g/mol. The second kappa shape index (κ2) is 6.70. The number of likely N-dealkylation sites (N-methyl/N-ethyl adjacent to an activating group) is 1. The Balaban J connectivity index is 2.40. The first-order valence-electron chi connectivity index (χ1n) is 5.72. The molecule has 2 unspecified atom stereocenters. The van der Waals surface area contributed by atoms with E-state index < -0.39 is 0 Å². The third-order valence-electron chi connectivity index (χ3n) is 3.21. The molecule has 0 aromatic rings. The Morgan fingerprint density at radius 2 is 2.36 bits per heavy atom. The van der Waals surface area contributed by atoms with Crippen LogP contribution >= 0.6 is 11.8 Å². The Morgan fingerprint density at radius 1 is 1.57 bits per heavy atom. The number of hydrogen-bond acceptors (Lipinski definition) is 3. The molecule has 1 heterocycles. The molecule has 1 saturated heterocycles. The number of nitrogens with zero attached hydrogens (tertiary/aromatic N) is 1. The first-order chi connectivity index (χ1) is 6.81. The van der Waals surface area contributed by atoms with Gasteiger partial charge in [-0.15, -0.1) is 0 Å². The lowest BCUT2D eigenvalue weighted by Gasteiger charge is -2.37. The minimum absolute atomic E-state index is 0.722. The zero-order valence-corrected chi connectivity index (χ0v) is 10.6. The summed E-state index contributed by atoms with van der Waals surface area (Å²) < 4.78 is 0. The topological polar surface area (TPSA) is 15.3 Å². The number of piperidine rings is 1. The van der Waals surface area contributed by atoms with Crippen molar-refractivity contribution in [3.63, 3.8) is 0 Å². The zero-order chi connectivity index (χ0) is 10.4. The van der Waals surface area contributed by atoms with Crippen LogP contribution in [-0.2, 0) is 0 Å². The summed E-state index contributed by atoms with van der Waals surface area (Å²) in [5.41, 5.74) is 0. The molecule has 3 heteroatoms. The van der Waals surface area contributed by atoms with Crippen molar-refractivity contribution < 1.29 is 0 Å². The highest BCUT2D eigenvalue weighted by molar-refractivity contribution is 7.98. The predicted molar refractivity (Wildman–Crippen MR) is 66.1 cm³/mol. The molecule has 0 saturated carbocycles. The van der Waals surface area contributed by atoms with Crippen LogP contribution in [-0.4, -0.2) is 49.1 Å². The van der Waals surface area contributed by atoms with Gasteiger partial charge in [-0.1, -0.05) is 6.92 Å². The van der Waals surface area contributed by atoms with E-state index in [0.717, 1.165) is 12.1 Å². The van der Waals surface area contributed by atoms with Crippen molar-refractivity contribution in [1.82, 2.24) is 10.2 Å². The van der Waals surface area contributed by atoms with Gasteiger partial charge in [0.25, 0.3) is 0 Å². The van der Waals surface area contributed by atoms with E-state index in [9.17, 15) is 0 Å². The second-order valence-electron chi connectivity index (χ2n) is 4.14. The van der Waals surface area contributed by atoms with Gasteiger partial charge in [-0.25, -0.2) is 0 Å². The van der Waals surface area contributed by atoms with Gasteiger partial charge in [-0.2, -0.15) is 11.8 Å². The van der Waals surface area contributed by atoms with Gasteiger partial charge < -0.3 is 5.32 Å². The van der Waals surface area contributed by atoms with E-state index in [1.165, 1.54) is 38.1 Å². The van der Waals surface area contributed by atoms with Crippen LogP contribution in [0, 0.1) is 0 Å². The summed E-state index contributed by atoms with van der Waals surface area (Å²) in [6.45, 7) is 4.86. The van der Waals surface area contributed by atoms with Crippen molar-refractivity contribution in [3.05, 3.63) is 0 Å². The number of nitrogens with one attached hydrogen (secondary N) is 1. The van der Waals surface area contributed by atoms with Crippen molar-refractivity contribution in [3.8, 4) is 0 Å². The highest BCUT2D eigenvalue weighted by atomic mass is 32.2. The quantitative estimate of drug-likeness (QED) is 0.754. The van der Waals surface area contributed by atoms with Crippen LogP contribution in [0.15, 0.2) is 0 Å². The molecule has 1 fully saturated rings. The van der Waals surface area contributed by atoms with Crippen LogP contribution in [0.2, 0.25) is 0 Å². The van der Waals surface area contributed by atoms with E-state index in [4.69, 9.17) is 0 Å².